The number of amides is 2. The topological polar surface area (TPSA) is 86.4 Å². The molecule has 1 N–H and O–H groups in total. The predicted molar refractivity (Wildman–Crippen MR) is 114 cm³/mol. The molecule has 1 aliphatic carbocycles. The number of piperazine rings is 1. The van der Waals surface area contributed by atoms with Crippen molar-refractivity contribution in [3.8, 4) is 0 Å². The summed E-state index contributed by atoms with van der Waals surface area (Å²) in [6, 6.07) is 4.16. The summed E-state index contributed by atoms with van der Waals surface area (Å²) < 4.78 is 28.0. The predicted octanol–water partition coefficient (Wildman–Crippen LogP) is 2.29. The van der Waals surface area contributed by atoms with Gasteiger partial charge < -0.3 is 9.80 Å². The van der Waals surface area contributed by atoms with Crippen LogP contribution in [-0.4, -0.2) is 63.7 Å². The van der Waals surface area contributed by atoms with Crippen LogP contribution in [0.5, 0.6) is 0 Å². The van der Waals surface area contributed by atoms with Gasteiger partial charge in [0, 0.05) is 31.1 Å². The van der Waals surface area contributed by atoms with E-state index in [1.54, 1.807) is 24.8 Å². The summed E-state index contributed by atoms with van der Waals surface area (Å²) in [6.45, 7) is 3.96. The molecular weight excluding hydrogens is 418 g/mol. The Bertz CT molecular complexity index is 1120. The molecule has 9 heteroatoms. The second kappa shape index (κ2) is 8.80. The first-order valence-electron chi connectivity index (χ1n) is 10.8. The zero-order chi connectivity index (χ0) is 23.0. The van der Waals surface area contributed by atoms with Crippen molar-refractivity contribution >= 4 is 11.8 Å². The molecule has 1 saturated carbocycles. The highest BCUT2D eigenvalue weighted by Gasteiger charge is 2.36. The van der Waals surface area contributed by atoms with Crippen LogP contribution in [0, 0.1) is 19.7 Å². The van der Waals surface area contributed by atoms with E-state index in [4.69, 9.17) is 0 Å². The maximum absolute atomic E-state index is 14.5. The van der Waals surface area contributed by atoms with Crippen LogP contribution in [0.2, 0.25) is 0 Å². The highest BCUT2D eigenvalue weighted by atomic mass is 19.1. The van der Waals surface area contributed by atoms with Crippen molar-refractivity contribution in [2.75, 3.05) is 19.6 Å². The van der Waals surface area contributed by atoms with Gasteiger partial charge in [-0.3, -0.25) is 14.4 Å². The lowest BCUT2D eigenvalue weighted by Gasteiger charge is -2.37. The Labute approximate surface area is 184 Å². The Morgan fingerprint density at radius 3 is 2.66 bits per heavy atom. The van der Waals surface area contributed by atoms with Gasteiger partial charge in [-0.15, -0.1) is 0 Å². The summed E-state index contributed by atoms with van der Waals surface area (Å²) in [6.07, 6.45) is 0.873. The molecule has 4 rings (SSSR count). The van der Waals surface area contributed by atoms with Crippen LogP contribution in [0.15, 0.2) is 23.0 Å². The number of hydrogen-bond acceptors (Lipinski definition) is 4. The molecule has 0 unspecified atom stereocenters. The first kappa shape index (κ1) is 22.1. The second-order valence-electron chi connectivity index (χ2n) is 8.62. The van der Waals surface area contributed by atoms with Crippen LogP contribution in [0.1, 0.15) is 52.0 Å². The van der Waals surface area contributed by atoms with Gasteiger partial charge in [-0.1, -0.05) is 6.07 Å². The molecule has 2 amide bonds. The van der Waals surface area contributed by atoms with Gasteiger partial charge in [0.1, 0.15) is 18.5 Å². The van der Waals surface area contributed by atoms with E-state index < -0.39 is 17.9 Å². The highest BCUT2D eigenvalue weighted by molar-refractivity contribution is 5.97. The quantitative estimate of drug-likeness (QED) is 0.784. The minimum atomic E-state index is -0.881. The summed E-state index contributed by atoms with van der Waals surface area (Å²) in [5.41, 5.74) is 2.25. The fourth-order valence-corrected chi connectivity index (χ4v) is 4.49. The number of rotatable bonds is 4. The van der Waals surface area contributed by atoms with Crippen LogP contribution < -0.4 is 5.56 Å². The highest BCUT2D eigenvalue weighted by Crippen LogP contribution is 2.28. The molecule has 2 aromatic rings. The Morgan fingerprint density at radius 1 is 1.19 bits per heavy atom. The Kier molecular flexibility index (Phi) is 6.08. The number of nitrogens with zero attached hydrogens (tertiary/aromatic N) is 3. The molecule has 0 bridgehead atoms. The Hall–Kier alpha value is -3.10. The van der Waals surface area contributed by atoms with Crippen molar-refractivity contribution < 1.29 is 18.4 Å². The fraction of sp³-hybridized carbons (Fsp3) is 0.478. The van der Waals surface area contributed by atoms with Crippen molar-refractivity contribution in [3.05, 3.63) is 62.3 Å². The number of aromatic nitrogens is 2. The maximum atomic E-state index is 14.5. The monoisotopic (exact) mass is 444 g/mol. The lowest BCUT2D eigenvalue weighted by atomic mass is 10.0. The van der Waals surface area contributed by atoms with Gasteiger partial charge in [0.25, 0.3) is 11.5 Å². The third-order valence-corrected chi connectivity index (χ3v) is 6.59. The number of halogens is 2. The van der Waals surface area contributed by atoms with Crippen LogP contribution in [0.4, 0.5) is 8.78 Å². The molecule has 1 aliphatic heterocycles. The third-order valence-electron chi connectivity index (χ3n) is 6.59. The molecule has 2 atom stereocenters. The fourth-order valence-electron chi connectivity index (χ4n) is 4.49. The molecular formula is C23H26F2N4O3. The van der Waals surface area contributed by atoms with Gasteiger partial charge >= 0.3 is 0 Å². The number of alkyl halides is 1. The Balaban J connectivity index is 1.49. The Morgan fingerprint density at radius 2 is 1.97 bits per heavy atom. The van der Waals surface area contributed by atoms with E-state index in [0.717, 1.165) is 5.56 Å². The SMILES string of the molecule is Cc1c(Cc2ccc(F)c(C(=O)N3CCN([C@@H]4CC[C@H](F)C4)C(=O)C3)c2)n[nH]c(=O)c1C. The van der Waals surface area contributed by atoms with Gasteiger partial charge in [-0.25, -0.2) is 13.9 Å². The minimum absolute atomic E-state index is 0.104. The summed E-state index contributed by atoms with van der Waals surface area (Å²) in [4.78, 5) is 40.3. The average molecular weight is 444 g/mol. The van der Waals surface area contributed by atoms with Crippen molar-refractivity contribution in [1.82, 2.24) is 20.0 Å². The second-order valence-corrected chi connectivity index (χ2v) is 8.62. The van der Waals surface area contributed by atoms with Crippen molar-refractivity contribution in [1.29, 1.82) is 0 Å². The third kappa shape index (κ3) is 4.28. The lowest BCUT2D eigenvalue weighted by molar-refractivity contribution is -0.137. The number of nitrogens with one attached hydrogen (secondary N) is 1. The van der Waals surface area contributed by atoms with E-state index in [1.165, 1.54) is 17.0 Å². The van der Waals surface area contributed by atoms with Crippen LogP contribution in [-0.2, 0) is 11.2 Å². The van der Waals surface area contributed by atoms with Gasteiger partial charge in [-0.05, 0) is 56.4 Å². The van der Waals surface area contributed by atoms with Gasteiger partial charge in [0.05, 0.1) is 11.3 Å². The molecule has 2 fully saturated rings. The normalized spacial score (nSPS) is 21.3. The van der Waals surface area contributed by atoms with Crippen molar-refractivity contribution in [3.63, 3.8) is 0 Å². The lowest BCUT2D eigenvalue weighted by Crippen LogP contribution is -2.55. The molecule has 170 valence electrons. The molecule has 0 radical (unpaired) electrons. The van der Waals surface area contributed by atoms with E-state index in [2.05, 4.69) is 10.2 Å². The summed E-state index contributed by atoms with van der Waals surface area (Å²) in [7, 11) is 0. The number of hydrogen-bond donors (Lipinski definition) is 1. The molecule has 0 spiro atoms. The number of carbonyl (C=O) groups is 2. The van der Waals surface area contributed by atoms with E-state index in [1.807, 2.05) is 0 Å². The van der Waals surface area contributed by atoms with Crippen LogP contribution in [0.25, 0.3) is 0 Å². The summed E-state index contributed by atoms with van der Waals surface area (Å²) >= 11 is 0. The standard InChI is InChI=1S/C23H26F2N4O3/c1-13-14(2)22(31)27-26-20(13)10-15-3-6-19(25)18(9-15)23(32)28-7-8-29(21(30)12-28)17-5-4-16(24)11-17/h3,6,9,16-17H,4-5,7-8,10-12H2,1-2H3,(H,27,31)/t16-,17+/m0/s1. The van der Waals surface area contributed by atoms with E-state index in [0.29, 0.717) is 49.0 Å². The average Bonchev–Trinajstić information content (AvgIpc) is 3.20. The van der Waals surface area contributed by atoms with Crippen molar-refractivity contribution in [2.24, 2.45) is 0 Å². The van der Waals surface area contributed by atoms with Crippen LogP contribution >= 0.6 is 0 Å². The molecule has 1 aromatic heterocycles. The number of aromatic amines is 1. The number of benzene rings is 1. The number of carbonyl (C=O) groups excluding carboxylic acids is 2. The van der Waals surface area contributed by atoms with E-state index in [-0.39, 0.29) is 36.2 Å². The number of H-pyrrole nitrogens is 1. The first-order chi connectivity index (χ1) is 15.2. The zero-order valence-electron chi connectivity index (χ0n) is 18.2. The van der Waals surface area contributed by atoms with Crippen LogP contribution in [0.3, 0.4) is 0 Å². The van der Waals surface area contributed by atoms with E-state index in [9.17, 15) is 23.2 Å². The smallest absolute Gasteiger partial charge is 0.267 e. The minimum Gasteiger partial charge on any atom is -0.336 e. The maximum Gasteiger partial charge on any atom is 0.267 e. The molecule has 32 heavy (non-hydrogen) atoms. The van der Waals surface area contributed by atoms with Crippen molar-refractivity contribution in [2.45, 2.75) is 51.7 Å². The molecule has 2 heterocycles. The largest absolute Gasteiger partial charge is 0.336 e. The first-order valence-corrected chi connectivity index (χ1v) is 10.8. The summed E-state index contributed by atoms with van der Waals surface area (Å²) in [5.74, 6) is -1.44. The molecule has 1 aromatic carbocycles. The summed E-state index contributed by atoms with van der Waals surface area (Å²) in [5, 5.41) is 6.52. The zero-order valence-corrected chi connectivity index (χ0v) is 18.2. The van der Waals surface area contributed by atoms with Gasteiger partial charge in [-0.2, -0.15) is 5.10 Å². The molecule has 7 nitrogen and oxygen atoms in total. The molecule has 1 saturated heterocycles. The van der Waals surface area contributed by atoms with E-state index >= 15 is 0 Å². The molecule has 2 aliphatic rings. The van der Waals surface area contributed by atoms with Gasteiger partial charge in [0.15, 0.2) is 0 Å². The van der Waals surface area contributed by atoms with Gasteiger partial charge in [0.2, 0.25) is 5.91 Å².